The van der Waals surface area contributed by atoms with E-state index in [9.17, 15) is 77.6 Å². The molecule has 4 aromatic carbocycles. The van der Waals surface area contributed by atoms with E-state index in [2.05, 4.69) is 90.1 Å². The Hall–Kier alpha value is -13.9. The van der Waals surface area contributed by atoms with Crippen LogP contribution in [0.1, 0.15) is 149 Å². The molecule has 0 bridgehead atoms. The summed E-state index contributed by atoms with van der Waals surface area (Å²) >= 11 is 0.621. The van der Waals surface area contributed by atoms with Crippen molar-refractivity contribution in [2.24, 2.45) is 52.3 Å². The number of primary amides is 3. The number of benzene rings is 4. The van der Waals surface area contributed by atoms with Crippen molar-refractivity contribution in [2.75, 3.05) is 51.0 Å². The van der Waals surface area contributed by atoms with Gasteiger partial charge in [-0.15, -0.1) is 11.8 Å². The van der Waals surface area contributed by atoms with Gasteiger partial charge in [0.15, 0.2) is 6.61 Å². The molecule has 30 N–H and O–H groups in total. The van der Waals surface area contributed by atoms with E-state index in [4.69, 9.17) is 33.4 Å². The van der Waals surface area contributed by atoms with Gasteiger partial charge in [-0.3, -0.25) is 81.5 Å². The smallest absolute Gasteiger partial charge is 0.341 e. The van der Waals surface area contributed by atoms with E-state index < -0.39 is 272 Å². The number of carboxylic acids is 1. The maximum atomic E-state index is 15.5. The summed E-state index contributed by atoms with van der Waals surface area (Å²) in [6.45, 7) is 7.39. The molecule has 46 heteroatoms. The van der Waals surface area contributed by atoms with Gasteiger partial charge < -0.3 is 139 Å². The lowest BCUT2D eigenvalue weighted by Gasteiger charge is -2.31. The molecule has 2 heterocycles. The Bertz CT molecular complexity index is 5120. The van der Waals surface area contributed by atoms with Crippen LogP contribution in [0.3, 0.4) is 0 Å². The average Bonchev–Trinajstić information content (AvgIpc) is 1.71. The highest BCUT2D eigenvalue weighted by Crippen LogP contribution is 2.29. The molecule has 1 aromatic heterocycles. The second kappa shape index (κ2) is 57.6. The second-order valence-electron chi connectivity index (χ2n) is 36.1. The number of aliphatic carboxylic acids is 1. The number of urea groups is 1. The van der Waals surface area contributed by atoms with Gasteiger partial charge in [0.25, 0.3) is 0 Å². The molecule has 2 aliphatic rings. The van der Waals surface area contributed by atoms with Gasteiger partial charge in [-0.25, -0.2) is 9.59 Å². The molecule has 1 aliphatic heterocycles. The molecule has 0 spiro atoms. The van der Waals surface area contributed by atoms with Crippen molar-refractivity contribution < 1.29 is 111 Å². The third-order valence-electron chi connectivity index (χ3n) is 23.6. The first-order valence-electron chi connectivity index (χ1n) is 47.1. The van der Waals surface area contributed by atoms with Crippen molar-refractivity contribution in [3.05, 3.63) is 126 Å². The summed E-state index contributed by atoms with van der Waals surface area (Å²) in [6, 6.07) is 2.93. The Labute approximate surface area is 820 Å². The summed E-state index contributed by atoms with van der Waals surface area (Å²) in [7, 11) is 0. The molecule has 5 aromatic rings. The van der Waals surface area contributed by atoms with E-state index in [0.29, 0.717) is 46.6 Å². The van der Waals surface area contributed by atoms with Crippen LogP contribution < -0.4 is 118 Å². The largest absolute Gasteiger partial charge is 0.482 e. The van der Waals surface area contributed by atoms with Crippen LogP contribution in [-0.2, 0) is 106 Å². The van der Waals surface area contributed by atoms with Gasteiger partial charge in [-0.05, 0) is 128 Å². The normalized spacial score (nSPS) is 23.5. The number of carbonyl (C=O) groups excluding carboxylic acids is 18. The zero-order valence-electron chi connectivity index (χ0n) is 80.1. The lowest BCUT2D eigenvalue weighted by Crippen LogP contribution is -2.62. The number of amides is 19. The van der Waals surface area contributed by atoms with Crippen molar-refractivity contribution in [1.29, 1.82) is 0 Å². The van der Waals surface area contributed by atoms with Crippen LogP contribution >= 0.6 is 11.8 Å². The molecule has 0 unspecified atom stereocenters. The minimum atomic E-state index is -1.93. The van der Waals surface area contributed by atoms with Crippen LogP contribution in [0.2, 0.25) is 0 Å². The van der Waals surface area contributed by atoms with Crippen LogP contribution in [0, 0.1) is 23.7 Å². The van der Waals surface area contributed by atoms with E-state index in [0.717, 1.165) is 30.4 Å². The predicted molar refractivity (Wildman–Crippen MR) is 519 cm³/mol. The number of aliphatic hydroxyl groups excluding tert-OH is 2. The van der Waals surface area contributed by atoms with Gasteiger partial charge in [-0.1, -0.05) is 159 Å². The quantitative estimate of drug-likeness (QED) is 0.0186. The number of aliphatic hydroxyl groups is 2. The molecule has 15 atom stereocenters. The van der Waals surface area contributed by atoms with Crippen molar-refractivity contribution in [3.63, 3.8) is 0 Å². The van der Waals surface area contributed by atoms with Crippen LogP contribution in [-0.4, -0.2) is 274 Å². The number of nitrogens with two attached hydrogens (primary N) is 5. The Morgan fingerprint density at radius 3 is 1.47 bits per heavy atom. The summed E-state index contributed by atoms with van der Waals surface area (Å²) in [5.41, 5.74) is 32.2. The number of hydrogen-bond acceptors (Lipinski definition) is 25. The Balaban J connectivity index is 1.34. The van der Waals surface area contributed by atoms with E-state index in [1.807, 2.05) is 30.3 Å². The van der Waals surface area contributed by atoms with Crippen LogP contribution in [0.4, 0.5) is 4.79 Å². The number of hydrogen-bond donors (Lipinski definition) is 25. The van der Waals surface area contributed by atoms with Crippen molar-refractivity contribution in [2.45, 2.75) is 242 Å². The fourth-order valence-electron chi connectivity index (χ4n) is 15.9. The van der Waals surface area contributed by atoms with E-state index in [1.54, 1.807) is 82.4 Å². The third-order valence-corrected chi connectivity index (χ3v) is 24.7. The Kier molecular flexibility index (Phi) is 46.6. The number of aromatic amines is 1. The lowest BCUT2D eigenvalue weighted by molar-refractivity contribution is -0.139. The summed E-state index contributed by atoms with van der Waals surface area (Å²) in [5.74, 6) is -22.6. The summed E-state index contributed by atoms with van der Waals surface area (Å²) in [5, 5.41) is 72.6. The standard InChI is InChI=1S/C95H136N22O23S/c1-50(2)38-66-84(128)113-72(44-97)90(134)110-69(39-54-18-10-8-11-19-54)88(132)116-79(52(5)6)94(138)114-73(46-119)91(135)115-74(92(136)103-53(7)80(99)124)48-141-49-76(121)104-71(43-75(98)120)87(131)109-67(41-56-28-32-60(33-29-56)140-47-77(122)123)85(129)107-65(34-37-118)83(127)111-70(42-59-45-102-62-23-15-14-22-61(59)62)89(133)117-78(51(3)4)93(137)112-68(40-55-26-30-58(31-27-55)57-20-12-9-13-21-57)86(130)106-64(25-17-36-101-95(100)139)81(125)105-63(24-16-35-96)82(126)108-66/h9,12-15,20-23,26-33,45,50-54,63-74,78-79,102,118-119H,8,10-11,16-19,24-25,34-44,46-49,96-97H2,1-7H3,(H2,98,120)(H2,99,124)(H,103,136)(H,104,121)(H,105,125)(H,106,130)(H,107,129)(H,108,126)(H,109,131)(H,110,134)(H,111,127)(H,112,137)(H,113,128)(H,114,138)(H,115,135)(H,116,132)(H,117,133)(H,122,123)(H3,100,101,139)/t53-,63-,64-,65-,66+,67-,68-,69-,70-,71-,72-,73-,74-,78-,79-/m0/s1. The first kappa shape index (κ1) is 114. The third kappa shape index (κ3) is 37.7. The van der Waals surface area contributed by atoms with Crippen LogP contribution in [0.5, 0.6) is 5.75 Å². The van der Waals surface area contributed by atoms with Crippen molar-refractivity contribution >= 4 is 135 Å². The zero-order chi connectivity index (χ0) is 104. The molecular formula is C95H136N22O23S. The van der Waals surface area contributed by atoms with Gasteiger partial charge in [0.2, 0.25) is 100 Å². The molecule has 7 rings (SSSR count). The fourth-order valence-corrected chi connectivity index (χ4v) is 16.7. The zero-order valence-corrected chi connectivity index (χ0v) is 81.0. The highest BCUT2D eigenvalue weighted by atomic mass is 32.2. The second-order valence-corrected chi connectivity index (χ2v) is 37.1. The maximum Gasteiger partial charge on any atom is 0.341 e. The fraction of sp³-hybridized carbons (Fsp3) is 0.526. The number of rotatable bonds is 32. The SMILES string of the molecule is CC(C)C[C@H]1NC(=O)[C@H](CCCN)NC(=O)[C@H](CCCNC(N)=O)NC(=O)[C@H](Cc2ccc(-c3ccccc3)cc2)NC(=O)[C@H](C(C)C)NC(=O)[C@H](Cc2c[nH]c3ccccc23)NC(=O)[C@H](CCO)NC(=O)[C@H](Cc2ccc(OCC(=O)O)cc2)NC(=O)[C@H](CC(N)=O)NC(=O)CSC[C@@H](C(=O)N[C@@H](C)C(N)=O)NC(=O)[C@H](CO)NC(=O)[C@H](C(C)C)NC(=O)[C@H](CC2CCCCC2)NC(=O)[C@H](CN)NC1=O. The monoisotopic (exact) mass is 1980 g/mol. The minimum Gasteiger partial charge on any atom is -0.482 e. The number of thioether (sulfide) groups is 1. The highest BCUT2D eigenvalue weighted by molar-refractivity contribution is 8.00. The molecule has 2 fully saturated rings. The lowest BCUT2D eigenvalue weighted by atomic mass is 9.84. The van der Waals surface area contributed by atoms with Gasteiger partial charge in [0.05, 0.1) is 18.8 Å². The predicted octanol–water partition coefficient (Wildman–Crippen LogP) is -3.43. The van der Waals surface area contributed by atoms with Gasteiger partial charge in [-0.2, -0.15) is 0 Å². The van der Waals surface area contributed by atoms with Crippen molar-refractivity contribution in [3.8, 4) is 16.9 Å². The molecule has 770 valence electrons. The Morgan fingerprint density at radius 1 is 0.475 bits per heavy atom. The number of ether oxygens (including phenoxy) is 1. The number of carbonyl (C=O) groups is 19. The minimum absolute atomic E-state index is 0.00968. The molecule has 45 nitrogen and oxygen atoms in total. The number of fused-ring (bicyclic) bond motifs is 1. The van der Waals surface area contributed by atoms with Gasteiger partial charge in [0.1, 0.15) is 96.4 Å². The topological polar surface area (TPSA) is 733 Å². The Morgan fingerprint density at radius 2 is 0.936 bits per heavy atom. The molecule has 0 radical (unpaired) electrons. The average molecular weight is 1990 g/mol. The summed E-state index contributed by atoms with van der Waals surface area (Å²) < 4.78 is 5.30. The van der Waals surface area contributed by atoms with Crippen LogP contribution in [0.25, 0.3) is 22.0 Å². The number of H-pyrrole nitrogens is 1. The van der Waals surface area contributed by atoms with Crippen LogP contribution in [0.15, 0.2) is 109 Å². The number of para-hydroxylation sites is 1. The molecule has 1 saturated heterocycles. The maximum absolute atomic E-state index is 15.5. The number of carboxylic acid groups (broad SMARTS) is 1. The molecule has 19 amide bonds. The summed E-state index contributed by atoms with van der Waals surface area (Å²) in [6.07, 6.45) is 2.11. The van der Waals surface area contributed by atoms with E-state index in [-0.39, 0.29) is 87.6 Å². The molecule has 1 aliphatic carbocycles. The molecule has 1 saturated carbocycles. The van der Waals surface area contributed by atoms with Gasteiger partial charge >= 0.3 is 12.0 Å². The molecular weight excluding hydrogens is 1850 g/mol. The van der Waals surface area contributed by atoms with Gasteiger partial charge in [0, 0.05) is 61.8 Å². The summed E-state index contributed by atoms with van der Waals surface area (Å²) in [4.78, 5) is 275. The first-order chi connectivity index (χ1) is 67.1. The highest BCUT2D eigenvalue weighted by Gasteiger charge is 2.41. The number of nitrogens with one attached hydrogen (secondary N) is 17. The van der Waals surface area contributed by atoms with Crippen molar-refractivity contribution in [1.82, 2.24) is 90.1 Å². The number of aromatic nitrogens is 1. The van der Waals surface area contributed by atoms with E-state index >= 15 is 28.8 Å². The first-order valence-corrected chi connectivity index (χ1v) is 48.2. The van der Waals surface area contributed by atoms with E-state index in [1.165, 1.54) is 45.0 Å². The molecule has 141 heavy (non-hydrogen) atoms.